The number of rotatable bonds is 21. The topological polar surface area (TPSA) is 381 Å². The summed E-state index contributed by atoms with van der Waals surface area (Å²) in [5.74, 6) is 0.812. The average Bonchev–Trinajstić information content (AvgIpc) is 1.67. The number of Topliss-reactive ketones (excluding diaryl/α,β-unsaturated/α-hetero) is 1. The Bertz CT molecular complexity index is 5800. The predicted molar refractivity (Wildman–Crippen MR) is 523 cm³/mol. The third kappa shape index (κ3) is 33.9. The molecule has 0 amide bonds. The number of aryl methyl sites for hydroxylation is 4. The van der Waals surface area contributed by atoms with Crippen molar-refractivity contribution in [3.05, 3.63) is 229 Å². The first kappa shape index (κ1) is 111. The number of esters is 3. The summed E-state index contributed by atoms with van der Waals surface area (Å²) in [7, 11) is 4.15. The van der Waals surface area contributed by atoms with Crippen LogP contribution in [0, 0.1) is 76.5 Å². The number of fused-ring (bicyclic) bond motifs is 5. The first-order chi connectivity index (χ1) is 59.5. The number of methoxy groups -OCH3 is 3. The molecule has 0 unspecified atom stereocenters. The Morgan fingerprint density at radius 1 is 0.465 bits per heavy atom. The molecular formula is C94H114BrI3N15NaO12Zn. The predicted octanol–water partition coefficient (Wildman–Crippen LogP) is 17.2. The van der Waals surface area contributed by atoms with Crippen molar-refractivity contribution >= 4 is 166 Å². The monoisotopic (exact) mass is 2190 g/mol. The van der Waals surface area contributed by atoms with E-state index in [2.05, 4.69) is 225 Å². The molecule has 0 aliphatic heterocycles. The molecule has 7 N–H and O–H groups in total. The number of aromatic carboxylic acids is 1. The molecule has 14 aromatic rings. The number of carbonyl (C=O) groups excluding carboxylic acids is 4. The summed E-state index contributed by atoms with van der Waals surface area (Å²) in [6.45, 7) is 36.6. The molecule has 9 heterocycles. The van der Waals surface area contributed by atoms with Gasteiger partial charge in [0.15, 0.2) is 5.78 Å². The molecule has 27 nitrogen and oxygen atoms in total. The fourth-order valence-electron chi connectivity index (χ4n) is 12.1. The minimum absolute atomic E-state index is 0. The number of aliphatic hydroxyl groups excluding tert-OH is 2. The number of pyridine rings is 4. The number of ether oxygens (including phenoxy) is 3. The number of nitrogens with two attached hydrogens (primary N) is 1. The van der Waals surface area contributed by atoms with E-state index in [-0.39, 0.29) is 89.5 Å². The maximum absolute atomic E-state index is 12.8. The van der Waals surface area contributed by atoms with Crippen LogP contribution >= 0.6 is 81.4 Å². The van der Waals surface area contributed by atoms with Crippen molar-refractivity contribution in [1.29, 1.82) is 0 Å². The third-order valence-corrected chi connectivity index (χ3v) is 21.6. The normalized spacial score (nSPS) is 11.1. The second-order valence-electron chi connectivity index (χ2n) is 32.0. The molecule has 14 rings (SSSR count). The number of carboxylic acid groups (broad SMARTS) is 1. The van der Waals surface area contributed by atoms with E-state index in [0.717, 1.165) is 145 Å². The second kappa shape index (κ2) is 55.7. The van der Waals surface area contributed by atoms with Crippen LogP contribution in [-0.2, 0) is 56.7 Å². The summed E-state index contributed by atoms with van der Waals surface area (Å²) in [4.78, 5) is 102. The minimum atomic E-state index is -0.947. The van der Waals surface area contributed by atoms with E-state index in [1.807, 2.05) is 137 Å². The Hall–Kier alpha value is -8.27. The van der Waals surface area contributed by atoms with Gasteiger partial charge >= 0.3 is 83.4 Å². The third-order valence-electron chi connectivity index (χ3n) is 18.2. The average molecular weight is 2200 g/mol. The Morgan fingerprint density at radius 3 is 1.11 bits per heavy atom. The number of aromatic nitrogens is 14. The number of hydrogen-bond acceptors (Lipinski definition) is 21. The van der Waals surface area contributed by atoms with Crippen LogP contribution in [0.15, 0.2) is 166 Å². The molecule has 9 aromatic heterocycles. The molecule has 2 atom stereocenters. The van der Waals surface area contributed by atoms with Gasteiger partial charge in [-0.05, 0) is 204 Å². The summed E-state index contributed by atoms with van der Waals surface area (Å²) in [6, 6.07) is 33.4. The van der Waals surface area contributed by atoms with Crippen LogP contribution in [-0.4, -0.2) is 164 Å². The number of nitrogens with zero attached hydrogens (tertiary/aromatic N) is 13. The molecule has 5 aromatic carbocycles. The second-order valence-corrected chi connectivity index (χ2v) is 35.2. The van der Waals surface area contributed by atoms with Crippen molar-refractivity contribution in [2.24, 2.45) is 41.2 Å². The fraction of sp³-hybridized carbons (Fsp3) is 0.362. The fourth-order valence-corrected chi connectivity index (χ4v) is 13.6. The van der Waals surface area contributed by atoms with Gasteiger partial charge < -0.3 is 69.0 Å². The van der Waals surface area contributed by atoms with E-state index >= 15 is 0 Å². The number of nitrogens with one attached hydrogen (secondary N) is 1. The van der Waals surface area contributed by atoms with Crippen molar-refractivity contribution in [2.45, 2.75) is 149 Å². The number of hydrogen-bond donors (Lipinski definition) is 5. The standard InChI is InChI=1S/C22H27N3O2.C19H21N3O2.C18H19N3O2.C13H15IN2O2.C9H7IN2O2.C6H6N.C4H9I.C3H9NO.BrH.Na.H2O.Zn/c1-14(2)11-25-13-24-22-18(19-6-5-15(3)10-23-19)8-17(9-20(22)25)21(27)7-16(4)12-26;1-12(2)10-22-11-21-18-15(16-6-5-13(3)9-20-16)7-14(8-17(18)22)19(23)24-4;1-11(2)9-21-10-20-17-14(15-5-4-12(3)8-19-15)6-13(18(22)23)7-16(17)21;1-8(2)6-16-7-15-12-10(14)4-9(5-11(12)16)13(17)18-3;1-14-9(13)5-2-6(10)8-7(3-5)11-4-12-8;1-6-3-2-4-7-5-6;1-4(2)3-5;1-3(4)2-5;;;;/h5-6,8-10,13-14,16,26H,7,11-12H2,1-4H3;5-9,11-12H,10H2,1-4H3;4-8,10-11H,9H2,1-3H3,(H,22,23);4-5,7-8H,6H2,1-3H3;2-4H,1H3,(H,11,12);2-3,5H,1H3;4H,3H2,1-2H3;3,5H,2,4H2,1H3;1H;;1H2;/q;;;;;-1;;;;+1;;+2/p-2/t16-;;;;;;;3-;;;;/m1......0..../s1. The van der Waals surface area contributed by atoms with Crippen molar-refractivity contribution in [3.8, 4) is 33.8 Å². The number of H-pyrrole nitrogens is 1. The Balaban J connectivity index is 0.000000318. The number of ketones is 1. The van der Waals surface area contributed by atoms with Crippen LogP contribution in [0.5, 0.6) is 0 Å². The van der Waals surface area contributed by atoms with Gasteiger partial charge in [-0.3, -0.25) is 19.7 Å². The first-order valence-corrected chi connectivity index (χ1v) is 51.3. The van der Waals surface area contributed by atoms with Crippen LogP contribution in [0.4, 0.5) is 0 Å². The number of alkyl halides is 1. The van der Waals surface area contributed by atoms with Crippen LogP contribution in [0.2, 0.25) is 0 Å². The maximum atomic E-state index is 12.8. The molecule has 0 saturated heterocycles. The number of aromatic amines is 1. The molecule has 0 aliphatic carbocycles. The molecule has 127 heavy (non-hydrogen) atoms. The molecule has 668 valence electrons. The zero-order chi connectivity index (χ0) is 92.5. The summed E-state index contributed by atoms with van der Waals surface area (Å²) in [5, 5.41) is 26.7. The van der Waals surface area contributed by atoms with Gasteiger partial charge in [-0.25, -0.2) is 44.1 Å². The van der Waals surface area contributed by atoms with Crippen molar-refractivity contribution in [1.82, 2.24) is 68.1 Å². The SMILES string of the molecule is CC(C)CI.COC(=O)c1cc(-c2ccc(C)cn2)c2ncn(CC(C)C)c2c1.COC(=O)c1cc(I)c2nc[nH]c2c1.COC(=O)c1cc(I)c2ncn(CC(C)C)c2c1.C[C@H](N)CO.Cc1cc[c-]nc1.Cc1ccc(-c2cc(C(=O)C[C@@H](C)CO)cc3c2ncn3CC(C)C)nc1.Cc1ccc(-c2cc(C(=O)O)cc3c2ncn3CC(C)C)nc1.[Na+].[OH-].[Zn+][Br]. The number of aliphatic hydroxyl groups is 2. The van der Waals surface area contributed by atoms with E-state index in [4.69, 9.17) is 20.3 Å². The summed E-state index contributed by atoms with van der Waals surface area (Å²) in [5.41, 5.74) is 25.6. The molecule has 0 fully saturated rings. The van der Waals surface area contributed by atoms with E-state index in [1.54, 1.807) is 74.4 Å². The zero-order valence-corrected chi connectivity index (χ0v) is 89.0. The molecular weight excluding hydrogens is 2080 g/mol. The van der Waals surface area contributed by atoms with Crippen LogP contribution in [0.1, 0.15) is 164 Å². The Morgan fingerprint density at radius 2 is 0.795 bits per heavy atom. The summed E-state index contributed by atoms with van der Waals surface area (Å²) >= 11 is 11.0. The van der Waals surface area contributed by atoms with Gasteiger partial charge in [0.2, 0.25) is 0 Å². The number of carboxylic acids is 1. The first-order valence-electron chi connectivity index (χ1n) is 40.6. The summed E-state index contributed by atoms with van der Waals surface area (Å²) < 4.78 is 25.7. The number of benzene rings is 5. The molecule has 0 bridgehead atoms. The molecule has 0 spiro atoms. The van der Waals surface area contributed by atoms with Gasteiger partial charge in [0, 0.05) is 97.7 Å². The van der Waals surface area contributed by atoms with E-state index in [0.29, 0.717) is 52.3 Å². The van der Waals surface area contributed by atoms with Crippen molar-refractivity contribution in [2.75, 3.05) is 39.0 Å². The molecule has 0 radical (unpaired) electrons. The van der Waals surface area contributed by atoms with Gasteiger partial charge in [-0.15, -0.1) is 5.56 Å². The van der Waals surface area contributed by atoms with Gasteiger partial charge in [0.1, 0.15) is 11.0 Å². The van der Waals surface area contributed by atoms with Crippen molar-refractivity contribution in [3.63, 3.8) is 0 Å². The molecule has 0 saturated carbocycles. The quantitative estimate of drug-likeness (QED) is 0.00848. The Labute approximate surface area is 823 Å². The van der Waals surface area contributed by atoms with Crippen LogP contribution in [0.3, 0.4) is 0 Å². The number of imidazole rings is 5. The number of halogens is 4. The van der Waals surface area contributed by atoms with E-state index in [1.165, 1.54) is 47.7 Å². The van der Waals surface area contributed by atoms with Gasteiger partial charge in [-0.2, -0.15) is 12.1 Å². The van der Waals surface area contributed by atoms with E-state index in [9.17, 15) is 34.2 Å². The zero-order valence-electron chi connectivity index (χ0n) is 76.0. The van der Waals surface area contributed by atoms with E-state index < -0.39 is 5.97 Å². The molecule has 33 heteroatoms. The van der Waals surface area contributed by atoms with Crippen LogP contribution in [0.25, 0.3) is 88.9 Å². The Kier molecular flexibility index (Phi) is 48.7. The van der Waals surface area contributed by atoms with Gasteiger partial charge in [0.25, 0.3) is 0 Å². The number of carbonyl (C=O) groups is 5. The van der Waals surface area contributed by atoms with Crippen molar-refractivity contribution < 1.29 is 105 Å². The van der Waals surface area contributed by atoms with Gasteiger partial charge in [-0.1, -0.05) is 136 Å². The van der Waals surface area contributed by atoms with Crippen LogP contribution < -0.4 is 35.3 Å². The summed E-state index contributed by atoms with van der Waals surface area (Å²) in [6.07, 6.45) is 19.1. The molecule has 0 aliphatic rings. The van der Waals surface area contributed by atoms with Gasteiger partial charge in [0.05, 0.1) is 143 Å².